The van der Waals surface area contributed by atoms with Crippen LogP contribution in [0.1, 0.15) is 20.3 Å². The Balaban J connectivity index is 2.55. The predicted molar refractivity (Wildman–Crippen MR) is 57.1 cm³/mol. The first kappa shape index (κ1) is 12.0. The molecule has 1 amide bonds. The van der Waals surface area contributed by atoms with Crippen LogP contribution in [0.3, 0.4) is 0 Å². The third-order valence-corrected chi connectivity index (χ3v) is 2.18. The Morgan fingerprint density at radius 2 is 2.07 bits per heavy atom. The van der Waals surface area contributed by atoms with Crippen molar-refractivity contribution in [3.05, 3.63) is 0 Å². The van der Waals surface area contributed by atoms with E-state index in [4.69, 9.17) is 9.47 Å². The van der Waals surface area contributed by atoms with Gasteiger partial charge in [-0.2, -0.15) is 4.99 Å². The summed E-state index contributed by atoms with van der Waals surface area (Å²) >= 11 is 0. The number of amides is 1. The van der Waals surface area contributed by atoms with Crippen LogP contribution in [-0.2, 0) is 9.47 Å². The number of carbonyl (C=O) groups is 1. The van der Waals surface area contributed by atoms with Crippen LogP contribution in [0.15, 0.2) is 4.99 Å². The second-order valence-corrected chi connectivity index (χ2v) is 3.18. The SMILES string of the molecule is CCOC(=O)N=C(CC)N1CCOCC1. The van der Waals surface area contributed by atoms with E-state index in [1.165, 1.54) is 0 Å². The Kier molecular flexibility index (Phi) is 5.10. The molecule has 0 atom stereocenters. The quantitative estimate of drug-likeness (QED) is 0.513. The molecule has 0 bridgehead atoms. The Morgan fingerprint density at radius 3 is 2.60 bits per heavy atom. The first-order chi connectivity index (χ1) is 7.27. The van der Waals surface area contributed by atoms with Crippen molar-refractivity contribution >= 4 is 11.9 Å². The van der Waals surface area contributed by atoms with Gasteiger partial charge in [0.15, 0.2) is 0 Å². The third-order valence-electron chi connectivity index (χ3n) is 2.18. The molecule has 0 aromatic rings. The summed E-state index contributed by atoms with van der Waals surface area (Å²) in [4.78, 5) is 17.2. The second-order valence-electron chi connectivity index (χ2n) is 3.18. The topological polar surface area (TPSA) is 51.1 Å². The lowest BCUT2D eigenvalue weighted by molar-refractivity contribution is 0.0670. The molecule has 0 spiro atoms. The standard InChI is InChI=1S/C10H18N2O3/c1-3-9(11-10(13)15-4-2)12-5-7-14-8-6-12/h3-8H2,1-2H3. The number of morpholine rings is 1. The molecule has 0 aromatic heterocycles. The van der Waals surface area contributed by atoms with E-state index in [0.29, 0.717) is 19.8 Å². The van der Waals surface area contributed by atoms with Crippen molar-refractivity contribution in [3.8, 4) is 0 Å². The number of carbonyl (C=O) groups excluding carboxylic acids is 1. The maximum absolute atomic E-state index is 11.2. The molecule has 15 heavy (non-hydrogen) atoms. The fourth-order valence-corrected chi connectivity index (χ4v) is 1.46. The summed E-state index contributed by atoms with van der Waals surface area (Å²) in [6.07, 6.45) is 0.236. The average molecular weight is 214 g/mol. The summed E-state index contributed by atoms with van der Waals surface area (Å²) in [5, 5.41) is 0. The van der Waals surface area contributed by atoms with Gasteiger partial charge in [0, 0.05) is 19.5 Å². The van der Waals surface area contributed by atoms with Crippen molar-refractivity contribution < 1.29 is 14.3 Å². The van der Waals surface area contributed by atoms with Crippen molar-refractivity contribution in [1.82, 2.24) is 4.90 Å². The molecule has 1 rings (SSSR count). The zero-order chi connectivity index (χ0) is 11.1. The molecule has 0 aliphatic carbocycles. The van der Waals surface area contributed by atoms with Crippen LogP contribution >= 0.6 is 0 Å². The highest BCUT2D eigenvalue weighted by Gasteiger charge is 2.14. The normalized spacial score (nSPS) is 17.7. The Morgan fingerprint density at radius 1 is 1.40 bits per heavy atom. The van der Waals surface area contributed by atoms with E-state index < -0.39 is 6.09 Å². The maximum atomic E-state index is 11.2. The molecule has 0 saturated carbocycles. The molecular weight excluding hydrogens is 196 g/mol. The minimum Gasteiger partial charge on any atom is -0.448 e. The highest BCUT2D eigenvalue weighted by molar-refractivity contribution is 5.91. The monoisotopic (exact) mass is 214 g/mol. The lowest BCUT2D eigenvalue weighted by atomic mass is 10.3. The van der Waals surface area contributed by atoms with Gasteiger partial charge in [-0.15, -0.1) is 0 Å². The van der Waals surface area contributed by atoms with Gasteiger partial charge in [-0.25, -0.2) is 4.79 Å². The first-order valence-electron chi connectivity index (χ1n) is 5.35. The number of ether oxygens (including phenoxy) is 2. The van der Waals surface area contributed by atoms with Gasteiger partial charge in [-0.3, -0.25) is 0 Å². The van der Waals surface area contributed by atoms with Crippen molar-refractivity contribution in [2.45, 2.75) is 20.3 Å². The summed E-state index contributed by atoms with van der Waals surface area (Å²) in [6.45, 7) is 7.10. The Hall–Kier alpha value is -1.10. The van der Waals surface area contributed by atoms with Crippen LogP contribution in [0, 0.1) is 0 Å². The number of aliphatic imine (C=N–C) groups is 1. The van der Waals surface area contributed by atoms with Crippen molar-refractivity contribution in [2.75, 3.05) is 32.9 Å². The highest BCUT2D eigenvalue weighted by Crippen LogP contribution is 2.02. The van der Waals surface area contributed by atoms with Gasteiger partial charge in [0.25, 0.3) is 0 Å². The molecule has 5 heteroatoms. The molecule has 1 aliphatic heterocycles. The highest BCUT2D eigenvalue weighted by atomic mass is 16.5. The van der Waals surface area contributed by atoms with Gasteiger partial charge in [0.1, 0.15) is 5.84 Å². The van der Waals surface area contributed by atoms with E-state index in [1.807, 2.05) is 6.92 Å². The molecule has 1 fully saturated rings. The van der Waals surface area contributed by atoms with Crippen LogP contribution in [0.25, 0.3) is 0 Å². The maximum Gasteiger partial charge on any atom is 0.435 e. The van der Waals surface area contributed by atoms with Crippen LogP contribution in [0.5, 0.6) is 0 Å². The van der Waals surface area contributed by atoms with E-state index >= 15 is 0 Å². The molecule has 5 nitrogen and oxygen atoms in total. The lowest BCUT2D eigenvalue weighted by Crippen LogP contribution is -2.40. The first-order valence-corrected chi connectivity index (χ1v) is 5.35. The molecule has 0 radical (unpaired) electrons. The largest absolute Gasteiger partial charge is 0.448 e. The molecule has 1 saturated heterocycles. The van der Waals surface area contributed by atoms with Gasteiger partial charge in [0.2, 0.25) is 0 Å². The average Bonchev–Trinajstić information content (AvgIpc) is 2.27. The van der Waals surface area contributed by atoms with Crippen LogP contribution in [0.2, 0.25) is 0 Å². The van der Waals surface area contributed by atoms with Gasteiger partial charge in [-0.05, 0) is 6.92 Å². The van der Waals surface area contributed by atoms with Crippen LogP contribution in [0.4, 0.5) is 4.79 Å². The minimum absolute atomic E-state index is 0.364. The zero-order valence-corrected chi connectivity index (χ0v) is 9.36. The van der Waals surface area contributed by atoms with E-state index in [2.05, 4.69) is 9.89 Å². The van der Waals surface area contributed by atoms with Gasteiger partial charge < -0.3 is 14.4 Å². The number of amidine groups is 1. The van der Waals surface area contributed by atoms with Crippen LogP contribution < -0.4 is 0 Å². The smallest absolute Gasteiger partial charge is 0.435 e. The van der Waals surface area contributed by atoms with Crippen molar-refractivity contribution in [3.63, 3.8) is 0 Å². The second kappa shape index (κ2) is 6.40. The summed E-state index contributed by atoms with van der Waals surface area (Å²) in [6, 6.07) is 0. The van der Waals surface area contributed by atoms with Crippen LogP contribution in [-0.4, -0.2) is 49.7 Å². The molecule has 1 aliphatic rings. The molecule has 1 heterocycles. The fourth-order valence-electron chi connectivity index (χ4n) is 1.46. The molecule has 86 valence electrons. The fraction of sp³-hybridized carbons (Fsp3) is 0.800. The summed E-state index contributed by atoms with van der Waals surface area (Å²) < 4.78 is 10.0. The molecular formula is C10H18N2O3. The predicted octanol–water partition coefficient (Wildman–Crippen LogP) is 1.28. The van der Waals surface area contributed by atoms with E-state index in [0.717, 1.165) is 25.3 Å². The lowest BCUT2D eigenvalue weighted by Gasteiger charge is -2.29. The molecule has 0 N–H and O–H groups in total. The minimum atomic E-state index is -0.499. The number of nitrogens with zero attached hydrogens (tertiary/aromatic N) is 2. The molecule has 0 unspecified atom stereocenters. The summed E-state index contributed by atoms with van der Waals surface area (Å²) in [5.41, 5.74) is 0. The zero-order valence-electron chi connectivity index (χ0n) is 9.36. The van der Waals surface area contributed by atoms with Gasteiger partial charge >= 0.3 is 6.09 Å². The number of hydrogen-bond donors (Lipinski definition) is 0. The van der Waals surface area contributed by atoms with E-state index in [9.17, 15) is 4.79 Å². The van der Waals surface area contributed by atoms with E-state index in [1.54, 1.807) is 6.92 Å². The Labute approximate surface area is 90.1 Å². The summed E-state index contributed by atoms with van der Waals surface area (Å²) in [7, 11) is 0. The number of hydrogen-bond acceptors (Lipinski definition) is 3. The molecule has 0 aromatic carbocycles. The van der Waals surface area contributed by atoms with Crippen molar-refractivity contribution in [1.29, 1.82) is 0 Å². The van der Waals surface area contributed by atoms with Crippen molar-refractivity contribution in [2.24, 2.45) is 4.99 Å². The van der Waals surface area contributed by atoms with Gasteiger partial charge in [-0.1, -0.05) is 6.92 Å². The summed E-state index contributed by atoms with van der Waals surface area (Å²) in [5.74, 6) is 0.789. The van der Waals surface area contributed by atoms with E-state index in [-0.39, 0.29) is 0 Å². The number of rotatable bonds is 2. The Bertz CT molecular complexity index is 235. The van der Waals surface area contributed by atoms with Gasteiger partial charge in [0.05, 0.1) is 19.8 Å². The third kappa shape index (κ3) is 3.87.